The quantitative estimate of drug-likeness (QED) is 0.888. The number of allylic oxidation sites excluding steroid dienone is 2. The van der Waals surface area contributed by atoms with Crippen molar-refractivity contribution >= 4 is 23.1 Å². The minimum absolute atomic E-state index is 0.0801. The highest BCUT2D eigenvalue weighted by Gasteiger charge is 2.63. The number of rotatable bonds is 3. The van der Waals surface area contributed by atoms with E-state index in [2.05, 4.69) is 6.58 Å². The number of fused-ring (bicyclic) bond motifs is 1. The highest BCUT2D eigenvalue weighted by molar-refractivity contribution is 6.30. The molecule has 1 aliphatic rings. The number of hydrogen-bond donors (Lipinski definition) is 1. The molecule has 1 aromatic carbocycles. The van der Waals surface area contributed by atoms with E-state index in [9.17, 15) is 23.1 Å². The summed E-state index contributed by atoms with van der Waals surface area (Å²) >= 11 is 5.84. The Morgan fingerprint density at radius 3 is 2.59 bits per heavy atom. The summed E-state index contributed by atoms with van der Waals surface area (Å²) in [5.74, 6) is -1.79. The van der Waals surface area contributed by atoms with Gasteiger partial charge in [0.05, 0.1) is 5.57 Å². The highest BCUT2D eigenvalue weighted by Crippen LogP contribution is 2.50. The molecule has 0 saturated heterocycles. The minimum atomic E-state index is -4.90. The van der Waals surface area contributed by atoms with Gasteiger partial charge in [0.2, 0.25) is 5.60 Å². The van der Waals surface area contributed by atoms with E-state index in [4.69, 9.17) is 16.3 Å². The number of carboxylic acid groups (broad SMARTS) is 1. The Balaban J connectivity index is 2.90. The fourth-order valence-corrected chi connectivity index (χ4v) is 2.71. The molecule has 0 amide bonds. The zero-order valence-corrected chi connectivity index (χ0v) is 12.3. The average Bonchev–Trinajstić information content (AvgIpc) is 2.43. The highest BCUT2D eigenvalue weighted by atomic mass is 35.5. The van der Waals surface area contributed by atoms with Gasteiger partial charge >= 0.3 is 12.1 Å². The van der Waals surface area contributed by atoms with E-state index in [0.29, 0.717) is 0 Å². The van der Waals surface area contributed by atoms with Crippen LogP contribution in [0.1, 0.15) is 18.9 Å². The molecule has 22 heavy (non-hydrogen) atoms. The Kier molecular flexibility index (Phi) is 4.00. The van der Waals surface area contributed by atoms with E-state index in [1.807, 2.05) is 0 Å². The lowest BCUT2D eigenvalue weighted by Crippen LogP contribution is -2.55. The number of carboxylic acids is 1. The second-order valence-electron chi connectivity index (χ2n) is 4.72. The summed E-state index contributed by atoms with van der Waals surface area (Å²) in [6.07, 6.45) is -4.41. The van der Waals surface area contributed by atoms with E-state index >= 15 is 0 Å². The topological polar surface area (TPSA) is 46.5 Å². The Bertz CT molecular complexity index is 679. The van der Waals surface area contributed by atoms with Crippen LogP contribution in [0.25, 0.3) is 5.57 Å². The first kappa shape index (κ1) is 16.4. The minimum Gasteiger partial charge on any atom is -0.478 e. The molecule has 1 unspecified atom stereocenters. The lowest BCUT2D eigenvalue weighted by Gasteiger charge is -2.40. The SMILES string of the molecule is C=CC1=C(C(=O)O)C(CC)(C(F)(F)F)Oc2ccc(Cl)cc21. The van der Waals surface area contributed by atoms with Crippen molar-refractivity contribution in [2.75, 3.05) is 0 Å². The first-order valence-electron chi connectivity index (χ1n) is 6.34. The zero-order chi connectivity index (χ0) is 16.7. The second-order valence-corrected chi connectivity index (χ2v) is 5.16. The molecule has 0 bridgehead atoms. The number of ether oxygens (including phenoxy) is 1. The predicted molar refractivity (Wildman–Crippen MR) is 75.9 cm³/mol. The van der Waals surface area contributed by atoms with Gasteiger partial charge in [-0.15, -0.1) is 0 Å². The van der Waals surface area contributed by atoms with Gasteiger partial charge in [-0.2, -0.15) is 13.2 Å². The third kappa shape index (κ3) is 2.27. The summed E-state index contributed by atoms with van der Waals surface area (Å²) in [5.41, 5.74) is -3.78. The monoisotopic (exact) mass is 332 g/mol. The molecule has 0 radical (unpaired) electrons. The number of halogens is 4. The maximum Gasteiger partial charge on any atom is 0.432 e. The van der Waals surface area contributed by atoms with Crippen LogP contribution in [0.15, 0.2) is 36.4 Å². The lowest BCUT2D eigenvalue weighted by atomic mass is 9.81. The normalized spacial score (nSPS) is 21.1. The smallest absolute Gasteiger partial charge is 0.432 e. The summed E-state index contributed by atoms with van der Waals surface area (Å²) in [4.78, 5) is 11.5. The van der Waals surface area contributed by atoms with Gasteiger partial charge in [0.25, 0.3) is 0 Å². The van der Waals surface area contributed by atoms with Gasteiger partial charge in [-0.05, 0) is 30.2 Å². The van der Waals surface area contributed by atoms with Gasteiger partial charge in [-0.1, -0.05) is 31.2 Å². The van der Waals surface area contributed by atoms with E-state index in [-0.39, 0.29) is 21.9 Å². The molecule has 2 rings (SSSR count). The van der Waals surface area contributed by atoms with Crippen LogP contribution in [0.5, 0.6) is 5.75 Å². The fraction of sp³-hybridized carbons (Fsp3) is 0.267. The van der Waals surface area contributed by atoms with Crippen molar-refractivity contribution in [3.8, 4) is 5.75 Å². The molecule has 1 atom stereocenters. The summed E-state index contributed by atoms with van der Waals surface area (Å²) in [7, 11) is 0. The number of hydrogen-bond acceptors (Lipinski definition) is 2. The average molecular weight is 333 g/mol. The third-order valence-corrected chi connectivity index (χ3v) is 3.80. The largest absolute Gasteiger partial charge is 0.478 e. The van der Waals surface area contributed by atoms with Gasteiger partial charge in [-0.3, -0.25) is 0 Å². The molecule has 1 N–H and O–H groups in total. The molecule has 118 valence electrons. The van der Waals surface area contributed by atoms with Crippen LogP contribution in [0.4, 0.5) is 13.2 Å². The van der Waals surface area contributed by atoms with E-state index < -0.39 is 29.7 Å². The first-order valence-corrected chi connectivity index (χ1v) is 6.72. The van der Waals surface area contributed by atoms with Crippen LogP contribution in [0.3, 0.4) is 0 Å². The second kappa shape index (κ2) is 5.35. The standard InChI is InChI=1S/C15H12ClF3O3/c1-3-9-10-7-8(16)5-6-11(10)22-14(4-2,15(17,18)19)12(9)13(20)21/h3,5-7H,1,4H2,2H3,(H,20,21). The molecule has 1 heterocycles. The lowest BCUT2D eigenvalue weighted by molar-refractivity contribution is -0.236. The summed E-state index contributed by atoms with van der Waals surface area (Å²) < 4.78 is 45.9. The first-order chi connectivity index (χ1) is 10.2. The van der Waals surface area contributed by atoms with E-state index in [0.717, 1.165) is 6.08 Å². The predicted octanol–water partition coefficient (Wildman–Crippen LogP) is 4.47. The van der Waals surface area contributed by atoms with Crippen molar-refractivity contribution in [1.29, 1.82) is 0 Å². The van der Waals surface area contributed by atoms with Gasteiger partial charge in [-0.25, -0.2) is 4.79 Å². The number of aliphatic carboxylic acids is 1. The van der Waals surface area contributed by atoms with Gasteiger partial charge in [0.15, 0.2) is 0 Å². The maximum atomic E-state index is 13.6. The molecule has 7 heteroatoms. The van der Waals surface area contributed by atoms with Crippen molar-refractivity contribution in [1.82, 2.24) is 0 Å². The number of benzene rings is 1. The van der Waals surface area contributed by atoms with Crippen molar-refractivity contribution in [2.24, 2.45) is 0 Å². The Hall–Kier alpha value is -1.95. The van der Waals surface area contributed by atoms with Gasteiger partial charge < -0.3 is 9.84 Å². The molecule has 1 aromatic rings. The molecular weight excluding hydrogens is 321 g/mol. The van der Waals surface area contributed by atoms with E-state index in [1.54, 1.807) is 0 Å². The Morgan fingerprint density at radius 1 is 1.50 bits per heavy atom. The van der Waals surface area contributed by atoms with E-state index in [1.165, 1.54) is 25.1 Å². The van der Waals surface area contributed by atoms with Crippen LogP contribution in [0, 0.1) is 0 Å². The van der Waals surface area contributed by atoms with Crippen LogP contribution in [-0.2, 0) is 4.79 Å². The van der Waals surface area contributed by atoms with Crippen molar-refractivity contribution in [2.45, 2.75) is 25.1 Å². The molecule has 1 aliphatic heterocycles. The van der Waals surface area contributed by atoms with Crippen molar-refractivity contribution < 1.29 is 27.8 Å². The Morgan fingerprint density at radius 2 is 2.14 bits per heavy atom. The number of carbonyl (C=O) groups is 1. The molecule has 0 aliphatic carbocycles. The van der Waals surface area contributed by atoms with Gasteiger partial charge in [0.1, 0.15) is 5.75 Å². The number of alkyl halides is 3. The van der Waals surface area contributed by atoms with Crippen molar-refractivity contribution in [3.63, 3.8) is 0 Å². The fourth-order valence-electron chi connectivity index (χ4n) is 2.54. The molecule has 0 spiro atoms. The van der Waals surface area contributed by atoms with Gasteiger partial charge in [0, 0.05) is 10.6 Å². The van der Waals surface area contributed by atoms with Crippen LogP contribution >= 0.6 is 11.6 Å². The molecule has 0 saturated carbocycles. The van der Waals surface area contributed by atoms with Crippen molar-refractivity contribution in [3.05, 3.63) is 47.0 Å². The summed E-state index contributed by atoms with van der Waals surface area (Å²) in [6.45, 7) is 4.66. The Labute approximate surface area is 129 Å². The molecule has 3 nitrogen and oxygen atoms in total. The summed E-state index contributed by atoms with van der Waals surface area (Å²) in [5, 5.41) is 9.60. The van der Waals surface area contributed by atoms with Crippen LogP contribution < -0.4 is 4.74 Å². The summed E-state index contributed by atoms with van der Waals surface area (Å²) in [6, 6.07) is 4.02. The maximum absolute atomic E-state index is 13.6. The molecule has 0 aromatic heterocycles. The molecular formula is C15H12ClF3O3. The molecule has 0 fully saturated rings. The third-order valence-electron chi connectivity index (χ3n) is 3.56. The van der Waals surface area contributed by atoms with Crippen LogP contribution in [0.2, 0.25) is 5.02 Å². The van der Waals surface area contributed by atoms with Crippen LogP contribution in [-0.4, -0.2) is 22.9 Å². The zero-order valence-electron chi connectivity index (χ0n) is 11.5.